The Kier molecular flexibility index (Phi) is 4.41. The van der Waals surface area contributed by atoms with Gasteiger partial charge in [0.25, 0.3) is 0 Å². The molecule has 5 nitrogen and oxygen atoms in total. The van der Waals surface area contributed by atoms with Gasteiger partial charge in [0, 0.05) is 6.54 Å². The molecule has 0 spiro atoms. The van der Waals surface area contributed by atoms with E-state index in [-0.39, 0.29) is 6.01 Å². The summed E-state index contributed by atoms with van der Waals surface area (Å²) in [5.74, 6) is 1.35. The Morgan fingerprint density at radius 3 is 2.84 bits per heavy atom. The highest BCUT2D eigenvalue weighted by Gasteiger charge is 2.05. The molecule has 0 aliphatic heterocycles. The molecule has 0 bridgehead atoms. The van der Waals surface area contributed by atoms with Gasteiger partial charge in [-0.15, -0.1) is 0 Å². The molecule has 1 aromatic carbocycles. The van der Waals surface area contributed by atoms with Gasteiger partial charge in [-0.05, 0) is 17.7 Å². The summed E-state index contributed by atoms with van der Waals surface area (Å²) in [6.45, 7) is 0.580. The largest absolute Gasteiger partial charge is 0.497 e. The number of aromatic nitrogens is 2. The summed E-state index contributed by atoms with van der Waals surface area (Å²) in [7, 11) is 3.15. The Hall–Kier alpha value is -2.01. The molecule has 0 aliphatic carbocycles. The molecule has 0 amide bonds. The summed E-state index contributed by atoms with van der Waals surface area (Å²) >= 11 is 6.01. The molecular formula is C13H14ClN3O2. The third kappa shape index (κ3) is 3.48. The topological polar surface area (TPSA) is 56.3 Å². The maximum atomic E-state index is 6.01. The van der Waals surface area contributed by atoms with Gasteiger partial charge in [0.05, 0.1) is 20.4 Å². The Labute approximate surface area is 116 Å². The second kappa shape index (κ2) is 6.24. The lowest BCUT2D eigenvalue weighted by Crippen LogP contribution is -2.04. The zero-order valence-corrected chi connectivity index (χ0v) is 11.4. The standard InChI is InChI=1S/C13H14ClN3O2/c1-18-10-5-3-4-9(6-10)7-15-12-11(14)8-16-13(17-12)19-2/h3-6,8H,7H2,1-2H3,(H,15,16,17). The van der Waals surface area contributed by atoms with E-state index in [1.807, 2.05) is 24.3 Å². The van der Waals surface area contributed by atoms with Crippen molar-refractivity contribution in [3.8, 4) is 11.8 Å². The van der Waals surface area contributed by atoms with E-state index in [0.29, 0.717) is 17.4 Å². The monoisotopic (exact) mass is 279 g/mol. The van der Waals surface area contributed by atoms with Crippen LogP contribution in [0.2, 0.25) is 5.02 Å². The van der Waals surface area contributed by atoms with E-state index < -0.39 is 0 Å². The van der Waals surface area contributed by atoms with Crippen LogP contribution in [-0.2, 0) is 6.54 Å². The van der Waals surface area contributed by atoms with Crippen LogP contribution in [0.4, 0.5) is 5.82 Å². The van der Waals surface area contributed by atoms with Gasteiger partial charge in [-0.3, -0.25) is 0 Å². The third-order valence-corrected chi connectivity index (χ3v) is 2.78. The summed E-state index contributed by atoms with van der Waals surface area (Å²) in [6.07, 6.45) is 1.50. The molecule has 0 atom stereocenters. The molecule has 19 heavy (non-hydrogen) atoms. The van der Waals surface area contributed by atoms with E-state index in [4.69, 9.17) is 21.1 Å². The predicted octanol–water partition coefficient (Wildman–Crippen LogP) is 2.76. The van der Waals surface area contributed by atoms with Crippen LogP contribution >= 0.6 is 11.6 Å². The molecule has 2 rings (SSSR count). The number of halogens is 1. The molecule has 1 N–H and O–H groups in total. The molecule has 2 aromatic rings. The van der Waals surface area contributed by atoms with Gasteiger partial charge >= 0.3 is 6.01 Å². The average Bonchev–Trinajstić information content (AvgIpc) is 2.46. The van der Waals surface area contributed by atoms with E-state index in [1.54, 1.807) is 7.11 Å². The molecule has 0 saturated carbocycles. The number of methoxy groups -OCH3 is 2. The van der Waals surface area contributed by atoms with Gasteiger partial charge in [0.2, 0.25) is 0 Å². The van der Waals surface area contributed by atoms with Crippen molar-refractivity contribution in [2.75, 3.05) is 19.5 Å². The van der Waals surface area contributed by atoms with Crippen molar-refractivity contribution in [2.45, 2.75) is 6.54 Å². The number of nitrogens with zero attached hydrogens (tertiary/aromatic N) is 2. The van der Waals surface area contributed by atoms with Crippen LogP contribution in [0.25, 0.3) is 0 Å². The van der Waals surface area contributed by atoms with Crippen LogP contribution < -0.4 is 14.8 Å². The first-order valence-corrected chi connectivity index (χ1v) is 6.04. The molecule has 1 heterocycles. The number of ether oxygens (including phenoxy) is 2. The number of hydrogen-bond donors (Lipinski definition) is 1. The number of benzene rings is 1. The van der Waals surface area contributed by atoms with Crippen LogP contribution in [0.3, 0.4) is 0 Å². The fourth-order valence-electron chi connectivity index (χ4n) is 1.54. The molecule has 100 valence electrons. The fourth-order valence-corrected chi connectivity index (χ4v) is 1.70. The van der Waals surface area contributed by atoms with Crippen molar-refractivity contribution >= 4 is 17.4 Å². The van der Waals surface area contributed by atoms with Crippen molar-refractivity contribution in [1.82, 2.24) is 9.97 Å². The zero-order valence-electron chi connectivity index (χ0n) is 10.7. The quantitative estimate of drug-likeness (QED) is 0.912. The molecule has 0 aliphatic rings. The Bertz CT molecular complexity index is 563. The summed E-state index contributed by atoms with van der Waals surface area (Å²) in [4.78, 5) is 8.06. The molecule has 0 radical (unpaired) electrons. The number of rotatable bonds is 5. The number of nitrogens with one attached hydrogen (secondary N) is 1. The van der Waals surface area contributed by atoms with Gasteiger partial charge in [-0.2, -0.15) is 4.98 Å². The lowest BCUT2D eigenvalue weighted by molar-refractivity contribution is 0.380. The predicted molar refractivity (Wildman–Crippen MR) is 73.9 cm³/mol. The highest BCUT2D eigenvalue weighted by molar-refractivity contribution is 6.32. The summed E-state index contributed by atoms with van der Waals surface area (Å²) < 4.78 is 10.1. The minimum atomic E-state index is 0.276. The molecule has 0 saturated heterocycles. The smallest absolute Gasteiger partial charge is 0.318 e. The van der Waals surface area contributed by atoms with E-state index in [9.17, 15) is 0 Å². The highest BCUT2D eigenvalue weighted by atomic mass is 35.5. The molecule has 6 heteroatoms. The summed E-state index contributed by atoms with van der Waals surface area (Å²) in [5.41, 5.74) is 1.06. The first-order valence-electron chi connectivity index (χ1n) is 5.66. The minimum absolute atomic E-state index is 0.276. The molecule has 0 fully saturated rings. The van der Waals surface area contributed by atoms with Crippen molar-refractivity contribution in [3.63, 3.8) is 0 Å². The van der Waals surface area contributed by atoms with Gasteiger partial charge in [0.15, 0.2) is 5.82 Å². The molecular weight excluding hydrogens is 266 g/mol. The van der Waals surface area contributed by atoms with Gasteiger partial charge < -0.3 is 14.8 Å². The van der Waals surface area contributed by atoms with E-state index in [2.05, 4.69) is 15.3 Å². The Balaban J connectivity index is 2.09. The molecule has 1 aromatic heterocycles. The van der Waals surface area contributed by atoms with Crippen molar-refractivity contribution in [2.24, 2.45) is 0 Å². The van der Waals surface area contributed by atoms with E-state index in [1.165, 1.54) is 13.3 Å². The fraction of sp³-hybridized carbons (Fsp3) is 0.231. The maximum Gasteiger partial charge on any atom is 0.318 e. The maximum absolute atomic E-state index is 6.01. The normalized spacial score (nSPS) is 10.1. The second-order valence-corrected chi connectivity index (χ2v) is 4.17. The Morgan fingerprint density at radius 2 is 2.11 bits per heavy atom. The van der Waals surface area contributed by atoms with Gasteiger partial charge in [-0.25, -0.2) is 4.98 Å². The van der Waals surface area contributed by atoms with Crippen molar-refractivity contribution in [3.05, 3.63) is 41.0 Å². The van der Waals surface area contributed by atoms with Crippen LogP contribution in [0.15, 0.2) is 30.5 Å². The third-order valence-electron chi connectivity index (χ3n) is 2.50. The lowest BCUT2D eigenvalue weighted by atomic mass is 10.2. The van der Waals surface area contributed by atoms with Crippen molar-refractivity contribution < 1.29 is 9.47 Å². The van der Waals surface area contributed by atoms with Crippen LogP contribution in [-0.4, -0.2) is 24.2 Å². The first kappa shape index (κ1) is 13.4. The van der Waals surface area contributed by atoms with Gasteiger partial charge in [-0.1, -0.05) is 23.7 Å². The zero-order chi connectivity index (χ0) is 13.7. The van der Waals surface area contributed by atoms with E-state index in [0.717, 1.165) is 11.3 Å². The van der Waals surface area contributed by atoms with Crippen LogP contribution in [0, 0.1) is 0 Å². The van der Waals surface area contributed by atoms with Gasteiger partial charge in [0.1, 0.15) is 10.8 Å². The van der Waals surface area contributed by atoms with E-state index >= 15 is 0 Å². The highest BCUT2D eigenvalue weighted by Crippen LogP contribution is 2.21. The molecule has 0 unspecified atom stereocenters. The number of hydrogen-bond acceptors (Lipinski definition) is 5. The van der Waals surface area contributed by atoms with Crippen LogP contribution in [0.5, 0.6) is 11.8 Å². The minimum Gasteiger partial charge on any atom is -0.497 e. The second-order valence-electron chi connectivity index (χ2n) is 3.76. The lowest BCUT2D eigenvalue weighted by Gasteiger charge is -2.09. The van der Waals surface area contributed by atoms with Crippen LogP contribution in [0.1, 0.15) is 5.56 Å². The summed E-state index contributed by atoms with van der Waals surface area (Å²) in [5, 5.41) is 3.58. The average molecular weight is 280 g/mol. The number of anilines is 1. The summed E-state index contributed by atoms with van der Waals surface area (Å²) in [6, 6.07) is 8.03. The van der Waals surface area contributed by atoms with Crippen molar-refractivity contribution in [1.29, 1.82) is 0 Å². The first-order chi connectivity index (χ1) is 9.22. The SMILES string of the molecule is COc1cccc(CNc2nc(OC)ncc2Cl)c1. The Morgan fingerprint density at radius 1 is 1.26 bits per heavy atom.